The second kappa shape index (κ2) is 16.1. The molecule has 318 valence electrons. The van der Waals surface area contributed by atoms with Crippen molar-refractivity contribution in [3.8, 4) is 17.6 Å². The number of fused-ring (bicyclic) bond motifs is 9. The van der Waals surface area contributed by atoms with Crippen LogP contribution in [0.1, 0.15) is 0 Å². The number of aromatic nitrogens is 7. The number of hydrogen-bond acceptors (Lipinski definition) is 8. The van der Waals surface area contributed by atoms with E-state index in [1.165, 1.54) is 12.1 Å². The number of pyridine rings is 2. The summed E-state index contributed by atoms with van der Waals surface area (Å²) in [7, 11) is -8.46. The molecule has 0 unspecified atom stereocenters. The average molecular weight is 1240 g/mol. The summed E-state index contributed by atoms with van der Waals surface area (Å²) in [5.74, 6) is 1.42. The summed E-state index contributed by atoms with van der Waals surface area (Å²) in [4.78, 5) is 17.8. The molecule has 0 aliphatic carbocycles. The van der Waals surface area contributed by atoms with Crippen LogP contribution in [0.15, 0.2) is 184 Å². The first-order chi connectivity index (χ1) is 30.8. The Balaban J connectivity index is 0.00000249. The van der Waals surface area contributed by atoms with Crippen LogP contribution in [0.25, 0.3) is 83.0 Å². The summed E-state index contributed by atoms with van der Waals surface area (Å²) < 4.78 is 63.9. The molecule has 0 bridgehead atoms. The molecule has 0 fully saturated rings. The molecule has 0 radical (unpaired) electrons. The summed E-state index contributed by atoms with van der Waals surface area (Å²) in [5, 5.41) is 4.71. The molecule has 0 saturated heterocycles. The standard InChI is InChI=1S/C50H27N7O4S2.2Pt/c58-62(59,32-16-20-38-36-10-1-3-12-42(36)55(44(38)28-32)48-14-5-7-24-51-48)34-18-22-40-41-23-19-35(31-47(41)57(46(40)30-34)50-53-26-9-27-54-50)63(60,61)33-17-21-39-37-11-2-4-13-43(37)56(45(39)29-33)49-15-6-8-25-52-49;;/h1-27H;;/q-4;2*+2. The van der Waals surface area contributed by atoms with Gasteiger partial charge in [0, 0.05) is 35.8 Å². The van der Waals surface area contributed by atoms with Crippen molar-refractivity contribution in [2.24, 2.45) is 0 Å². The van der Waals surface area contributed by atoms with Crippen LogP contribution in [0.3, 0.4) is 0 Å². The van der Waals surface area contributed by atoms with Crippen molar-refractivity contribution in [3.63, 3.8) is 0 Å². The molecule has 0 aliphatic heterocycles. The Morgan fingerprint density at radius 1 is 0.338 bits per heavy atom. The van der Waals surface area contributed by atoms with Crippen LogP contribution in [0.5, 0.6) is 0 Å². The third-order valence-corrected chi connectivity index (χ3v) is 14.6. The van der Waals surface area contributed by atoms with E-state index in [9.17, 15) is 16.8 Å². The first-order valence-electron chi connectivity index (χ1n) is 19.7. The van der Waals surface area contributed by atoms with Gasteiger partial charge < -0.3 is 13.7 Å². The molecule has 12 aromatic rings. The molecular formula is C50H27N7O4Pt2S2. The number of para-hydroxylation sites is 2. The molecule has 6 heterocycles. The van der Waals surface area contributed by atoms with E-state index in [-0.39, 0.29) is 67.7 Å². The van der Waals surface area contributed by atoms with Gasteiger partial charge in [-0.15, -0.1) is 35.0 Å². The van der Waals surface area contributed by atoms with E-state index in [1.54, 1.807) is 71.8 Å². The van der Waals surface area contributed by atoms with Crippen LogP contribution < -0.4 is 0 Å². The first kappa shape index (κ1) is 42.3. The largest absolute Gasteiger partial charge is 2.00 e. The SMILES string of the molecule is O=S(=O)(c1[c-]c2c(cc1)c1ccc(S(=O)(=O)c3[c-]c4c(cc3)c3ccccc3n4-c3ccccn3)[c-]c1n2-c1ncccn1)c1[c-]c2c(cc1)c1ccccc1n2-c1ccccn1.[Pt+2].[Pt+2]. The van der Waals surface area contributed by atoms with Gasteiger partial charge in [0.2, 0.25) is 5.95 Å². The van der Waals surface area contributed by atoms with Crippen molar-refractivity contribution in [1.29, 1.82) is 0 Å². The van der Waals surface area contributed by atoms with E-state index in [1.807, 2.05) is 94.1 Å². The van der Waals surface area contributed by atoms with Gasteiger partial charge in [-0.2, -0.15) is 59.3 Å². The summed E-state index contributed by atoms with van der Waals surface area (Å²) in [6.07, 6.45) is 6.48. The summed E-state index contributed by atoms with van der Waals surface area (Å²) >= 11 is 0. The molecule has 6 aromatic heterocycles. The summed E-state index contributed by atoms with van der Waals surface area (Å²) in [6, 6.07) is 54.2. The van der Waals surface area contributed by atoms with Crippen molar-refractivity contribution >= 4 is 85.1 Å². The first-order valence-corrected chi connectivity index (χ1v) is 22.7. The third-order valence-electron chi connectivity index (χ3n) is 11.3. The fourth-order valence-electron chi connectivity index (χ4n) is 8.49. The van der Waals surface area contributed by atoms with E-state index >= 15 is 0 Å². The molecular weight excluding hydrogens is 1220 g/mol. The van der Waals surface area contributed by atoms with Crippen molar-refractivity contribution in [2.45, 2.75) is 19.6 Å². The zero-order chi connectivity index (χ0) is 42.5. The Hall–Kier alpha value is -6.62. The van der Waals surface area contributed by atoms with Crippen LogP contribution in [0, 0.1) is 24.3 Å². The normalized spacial score (nSPS) is 12.0. The van der Waals surface area contributed by atoms with Crippen LogP contribution >= 0.6 is 0 Å². The predicted molar refractivity (Wildman–Crippen MR) is 240 cm³/mol. The molecule has 65 heavy (non-hydrogen) atoms. The number of benzene rings is 6. The summed E-state index contributed by atoms with van der Waals surface area (Å²) in [5.41, 5.74) is 3.48. The van der Waals surface area contributed by atoms with Crippen molar-refractivity contribution in [2.75, 3.05) is 0 Å². The molecule has 11 nitrogen and oxygen atoms in total. The van der Waals surface area contributed by atoms with E-state index in [0.717, 1.165) is 32.6 Å². The Bertz CT molecular complexity index is 3820. The minimum Gasteiger partial charge on any atom is -0.328 e. The molecule has 0 amide bonds. The van der Waals surface area contributed by atoms with E-state index < -0.39 is 19.7 Å². The van der Waals surface area contributed by atoms with Crippen molar-refractivity contribution in [3.05, 3.63) is 189 Å². The second-order valence-electron chi connectivity index (χ2n) is 14.8. The topological polar surface area (TPSA) is 135 Å². The van der Waals surface area contributed by atoms with Gasteiger partial charge in [0.1, 0.15) is 11.6 Å². The summed E-state index contributed by atoms with van der Waals surface area (Å²) in [6.45, 7) is 0. The molecule has 15 heteroatoms. The maximum atomic E-state index is 14.6. The Morgan fingerprint density at radius 2 is 0.677 bits per heavy atom. The minimum absolute atomic E-state index is 0. The van der Waals surface area contributed by atoms with Crippen LogP contribution in [-0.4, -0.2) is 50.5 Å². The Labute approximate surface area is 400 Å². The Morgan fingerprint density at radius 3 is 1.06 bits per heavy atom. The molecule has 12 rings (SSSR count). The van der Waals surface area contributed by atoms with Crippen LogP contribution in [-0.2, 0) is 61.8 Å². The molecule has 6 aromatic carbocycles. The van der Waals surface area contributed by atoms with Gasteiger partial charge in [-0.05, 0) is 72.8 Å². The smallest absolute Gasteiger partial charge is 0.328 e. The quantitative estimate of drug-likeness (QED) is 0.144. The van der Waals surface area contributed by atoms with Gasteiger partial charge in [0.25, 0.3) is 0 Å². The molecule has 0 spiro atoms. The van der Waals surface area contributed by atoms with E-state index in [0.29, 0.717) is 44.5 Å². The van der Waals surface area contributed by atoms with Gasteiger partial charge in [0.05, 0.1) is 0 Å². The molecule has 0 saturated carbocycles. The van der Waals surface area contributed by atoms with E-state index in [4.69, 9.17) is 0 Å². The molecule has 0 atom stereocenters. The maximum Gasteiger partial charge on any atom is 2.00 e. The molecule has 0 aliphatic rings. The van der Waals surface area contributed by atoms with Crippen molar-refractivity contribution < 1.29 is 59.0 Å². The minimum atomic E-state index is -4.23. The number of hydrogen-bond donors (Lipinski definition) is 0. The predicted octanol–water partition coefficient (Wildman–Crippen LogP) is 9.42. The third kappa shape index (κ3) is 6.59. The molecule has 0 N–H and O–H groups in total. The van der Waals surface area contributed by atoms with Gasteiger partial charge in [-0.25, -0.2) is 36.8 Å². The maximum absolute atomic E-state index is 14.6. The fraction of sp³-hybridized carbons (Fsp3) is 0. The van der Waals surface area contributed by atoms with Gasteiger partial charge in [-0.1, -0.05) is 70.6 Å². The Kier molecular flexibility index (Phi) is 10.5. The number of sulfone groups is 2. The van der Waals surface area contributed by atoms with E-state index in [2.05, 4.69) is 44.2 Å². The van der Waals surface area contributed by atoms with Crippen LogP contribution in [0.4, 0.5) is 0 Å². The van der Waals surface area contributed by atoms with Crippen molar-refractivity contribution in [1.82, 2.24) is 33.6 Å². The van der Waals surface area contributed by atoms with Crippen LogP contribution in [0.2, 0.25) is 0 Å². The van der Waals surface area contributed by atoms with Gasteiger partial charge in [-0.3, -0.25) is 0 Å². The average Bonchev–Trinajstić information content (AvgIpc) is 3.97. The fourth-order valence-corrected chi connectivity index (χ4v) is 10.9. The monoisotopic (exact) mass is 1240 g/mol. The van der Waals surface area contributed by atoms with Gasteiger partial charge >= 0.3 is 42.1 Å². The number of rotatable bonds is 7. The zero-order valence-electron chi connectivity index (χ0n) is 33.3. The second-order valence-corrected chi connectivity index (χ2v) is 18.6. The van der Waals surface area contributed by atoms with Gasteiger partial charge in [0.15, 0.2) is 19.7 Å². The zero-order valence-corrected chi connectivity index (χ0v) is 39.5. The number of nitrogens with zero attached hydrogens (tertiary/aromatic N) is 7.